The van der Waals surface area contributed by atoms with Crippen molar-refractivity contribution >= 4 is 5.57 Å². The zero-order chi connectivity index (χ0) is 32.4. The average molecular weight is 626 g/mol. The predicted molar refractivity (Wildman–Crippen MR) is 199 cm³/mol. The van der Waals surface area contributed by atoms with Crippen molar-refractivity contribution in [1.29, 1.82) is 0 Å². The molecule has 3 aliphatic rings. The van der Waals surface area contributed by atoms with E-state index in [1.54, 1.807) is 0 Å². The maximum Gasteiger partial charge on any atom is 0.164 e. The molecular formula is C46H31N3. The minimum atomic E-state index is -0.456. The van der Waals surface area contributed by atoms with Crippen LogP contribution in [0.15, 0.2) is 169 Å². The molecule has 7 aromatic rings. The third-order valence-electron chi connectivity index (χ3n) is 10.4. The van der Waals surface area contributed by atoms with Gasteiger partial charge in [-0.1, -0.05) is 164 Å². The summed E-state index contributed by atoms with van der Waals surface area (Å²) in [5.74, 6) is 2.01. The van der Waals surface area contributed by atoms with Gasteiger partial charge in [0.1, 0.15) is 0 Å². The van der Waals surface area contributed by atoms with Gasteiger partial charge < -0.3 is 0 Å². The predicted octanol–water partition coefficient (Wildman–Crippen LogP) is 11.0. The SMILES string of the molecule is C1=C2C(=CCC1)C1(c3ccccc32)c2ccccc2-c2cccc(-c3nc(-c4ccccc4)nc(-c4ccc(-c5ccccc5)cc4)n3)c21. The van der Waals surface area contributed by atoms with Crippen LogP contribution in [-0.4, -0.2) is 15.0 Å². The Morgan fingerprint density at radius 1 is 0.367 bits per heavy atom. The Morgan fingerprint density at radius 3 is 1.59 bits per heavy atom. The highest BCUT2D eigenvalue weighted by Gasteiger charge is 2.54. The minimum absolute atomic E-state index is 0.456. The van der Waals surface area contributed by atoms with Crippen molar-refractivity contribution in [2.24, 2.45) is 0 Å². The van der Waals surface area contributed by atoms with Gasteiger partial charge in [-0.05, 0) is 68.5 Å². The third-order valence-corrected chi connectivity index (χ3v) is 10.4. The highest BCUT2D eigenvalue weighted by molar-refractivity contribution is 6.02. The topological polar surface area (TPSA) is 38.7 Å². The molecule has 1 unspecified atom stereocenters. The summed E-state index contributed by atoms with van der Waals surface area (Å²) < 4.78 is 0. The van der Waals surface area contributed by atoms with E-state index in [2.05, 4.69) is 140 Å². The molecule has 1 atom stereocenters. The summed E-state index contributed by atoms with van der Waals surface area (Å²) >= 11 is 0. The van der Waals surface area contributed by atoms with E-state index in [0.29, 0.717) is 17.5 Å². The zero-order valence-electron chi connectivity index (χ0n) is 26.8. The van der Waals surface area contributed by atoms with Gasteiger partial charge >= 0.3 is 0 Å². The molecule has 3 heteroatoms. The van der Waals surface area contributed by atoms with Gasteiger partial charge in [0, 0.05) is 16.7 Å². The Labute approximate surface area is 286 Å². The van der Waals surface area contributed by atoms with Gasteiger partial charge in [0.05, 0.1) is 5.41 Å². The van der Waals surface area contributed by atoms with Crippen LogP contribution in [0.5, 0.6) is 0 Å². The molecule has 0 aliphatic heterocycles. The quantitative estimate of drug-likeness (QED) is 0.195. The number of fused-ring (bicyclic) bond motifs is 10. The number of benzene rings is 6. The zero-order valence-corrected chi connectivity index (χ0v) is 26.8. The second-order valence-electron chi connectivity index (χ2n) is 13.0. The smallest absolute Gasteiger partial charge is 0.164 e. The van der Waals surface area contributed by atoms with E-state index in [4.69, 9.17) is 15.0 Å². The molecule has 1 spiro atoms. The first-order valence-electron chi connectivity index (χ1n) is 17.0. The summed E-state index contributed by atoms with van der Waals surface area (Å²) in [7, 11) is 0. The van der Waals surface area contributed by atoms with E-state index < -0.39 is 5.41 Å². The minimum Gasteiger partial charge on any atom is -0.208 e. The lowest BCUT2D eigenvalue weighted by atomic mass is 9.68. The molecule has 3 nitrogen and oxygen atoms in total. The normalized spacial score (nSPS) is 16.7. The number of hydrogen-bond donors (Lipinski definition) is 0. The van der Waals surface area contributed by atoms with Crippen LogP contribution in [0.25, 0.3) is 62.0 Å². The van der Waals surface area contributed by atoms with Gasteiger partial charge in [0.15, 0.2) is 17.5 Å². The number of allylic oxidation sites excluding steroid dienone is 4. The lowest BCUT2D eigenvalue weighted by molar-refractivity contribution is 0.782. The Kier molecular flexibility index (Phi) is 6.22. The van der Waals surface area contributed by atoms with Crippen molar-refractivity contribution in [2.75, 3.05) is 0 Å². The van der Waals surface area contributed by atoms with Crippen LogP contribution in [0.4, 0.5) is 0 Å². The fourth-order valence-electron chi connectivity index (χ4n) is 8.37. The van der Waals surface area contributed by atoms with Gasteiger partial charge in [-0.2, -0.15) is 0 Å². The van der Waals surface area contributed by atoms with E-state index in [1.165, 1.54) is 50.1 Å². The lowest BCUT2D eigenvalue weighted by Gasteiger charge is -2.33. The van der Waals surface area contributed by atoms with Crippen LogP contribution >= 0.6 is 0 Å². The van der Waals surface area contributed by atoms with Gasteiger partial charge in [-0.3, -0.25) is 0 Å². The Balaban J connectivity index is 1.24. The molecule has 49 heavy (non-hydrogen) atoms. The van der Waals surface area contributed by atoms with E-state index in [9.17, 15) is 0 Å². The molecule has 0 N–H and O–H groups in total. The summed E-state index contributed by atoms with van der Waals surface area (Å²) in [5.41, 5.74) is 15.4. The average Bonchev–Trinajstić information content (AvgIpc) is 3.66. The highest BCUT2D eigenvalue weighted by Crippen LogP contribution is 2.65. The van der Waals surface area contributed by atoms with Gasteiger partial charge in [-0.15, -0.1) is 0 Å². The Bertz CT molecular complexity index is 2480. The highest BCUT2D eigenvalue weighted by atomic mass is 15.0. The van der Waals surface area contributed by atoms with Crippen LogP contribution in [-0.2, 0) is 5.41 Å². The largest absolute Gasteiger partial charge is 0.208 e. The molecule has 10 rings (SSSR count). The summed E-state index contributed by atoms with van der Waals surface area (Å²) in [6.07, 6.45) is 7.02. The molecule has 230 valence electrons. The van der Waals surface area contributed by atoms with Crippen LogP contribution in [0, 0.1) is 0 Å². The van der Waals surface area contributed by atoms with Gasteiger partial charge in [-0.25, -0.2) is 15.0 Å². The number of aromatic nitrogens is 3. The second-order valence-corrected chi connectivity index (χ2v) is 13.0. The molecule has 1 aromatic heterocycles. The number of rotatable bonds is 4. The summed E-state index contributed by atoms with van der Waals surface area (Å²) in [6, 6.07) is 53.9. The van der Waals surface area contributed by atoms with Crippen LogP contribution in [0.2, 0.25) is 0 Å². The van der Waals surface area contributed by atoms with E-state index >= 15 is 0 Å². The van der Waals surface area contributed by atoms with Crippen LogP contribution in [0.3, 0.4) is 0 Å². The molecule has 0 fully saturated rings. The fourth-order valence-corrected chi connectivity index (χ4v) is 8.37. The molecule has 0 saturated carbocycles. The first-order valence-corrected chi connectivity index (χ1v) is 17.0. The molecule has 0 bridgehead atoms. The molecule has 0 amide bonds. The van der Waals surface area contributed by atoms with Crippen molar-refractivity contribution in [1.82, 2.24) is 15.0 Å². The molecule has 1 heterocycles. The lowest BCUT2D eigenvalue weighted by Crippen LogP contribution is -2.27. The standard InChI is InChI=1S/C46H31N3/c1-3-14-30(15-4-1)31-26-28-33(29-27-31)44-47-43(32-16-5-2-6-17-32)48-45(49-44)38-22-13-21-37-36-20-9-12-25-41(36)46(42(37)38)39-23-10-7-18-34(39)35-19-8-11-24-40(35)46/h1-7,9-10,12-29H,8,11H2. The maximum absolute atomic E-state index is 5.30. The molecular weight excluding hydrogens is 595 g/mol. The molecule has 0 saturated heterocycles. The van der Waals surface area contributed by atoms with Crippen LogP contribution in [0.1, 0.15) is 35.1 Å². The van der Waals surface area contributed by atoms with Crippen molar-refractivity contribution in [2.45, 2.75) is 18.3 Å². The summed E-state index contributed by atoms with van der Waals surface area (Å²) in [6.45, 7) is 0. The molecule has 6 aromatic carbocycles. The summed E-state index contributed by atoms with van der Waals surface area (Å²) in [5, 5.41) is 0. The molecule has 0 radical (unpaired) electrons. The van der Waals surface area contributed by atoms with Gasteiger partial charge in [0.25, 0.3) is 0 Å². The third kappa shape index (κ3) is 4.12. The van der Waals surface area contributed by atoms with Crippen molar-refractivity contribution in [3.63, 3.8) is 0 Å². The first kappa shape index (κ1) is 27.9. The first-order chi connectivity index (χ1) is 24.3. The Hall–Kier alpha value is -6.19. The number of hydrogen-bond acceptors (Lipinski definition) is 3. The van der Waals surface area contributed by atoms with E-state index in [0.717, 1.165) is 35.1 Å². The monoisotopic (exact) mass is 625 g/mol. The Morgan fingerprint density at radius 2 is 0.857 bits per heavy atom. The van der Waals surface area contributed by atoms with Crippen LogP contribution < -0.4 is 0 Å². The van der Waals surface area contributed by atoms with Crippen molar-refractivity contribution < 1.29 is 0 Å². The van der Waals surface area contributed by atoms with E-state index in [-0.39, 0.29) is 0 Å². The number of nitrogens with zero attached hydrogens (tertiary/aromatic N) is 3. The van der Waals surface area contributed by atoms with E-state index in [1.807, 2.05) is 24.3 Å². The van der Waals surface area contributed by atoms with Crippen molar-refractivity contribution in [3.8, 4) is 56.4 Å². The summed E-state index contributed by atoms with van der Waals surface area (Å²) in [4.78, 5) is 15.6. The fraction of sp³-hybridized carbons (Fsp3) is 0.0652. The maximum atomic E-state index is 5.30. The molecule has 3 aliphatic carbocycles. The van der Waals surface area contributed by atoms with Crippen molar-refractivity contribution in [3.05, 3.63) is 192 Å². The second kappa shape index (κ2) is 10.9. The van der Waals surface area contributed by atoms with Gasteiger partial charge in [0.2, 0.25) is 0 Å².